The van der Waals surface area contributed by atoms with Gasteiger partial charge in [0.05, 0.1) is 6.10 Å². The molecule has 1 amide bonds. The normalized spacial score (nSPS) is 12.3. The maximum Gasteiger partial charge on any atom is 0.244 e. The van der Waals surface area contributed by atoms with E-state index in [0.717, 1.165) is 5.56 Å². The molecule has 0 aliphatic rings. The highest BCUT2D eigenvalue weighted by atomic mass is 19.1. The van der Waals surface area contributed by atoms with Crippen LogP contribution in [0.1, 0.15) is 17.2 Å². The Hall–Kier alpha value is -2.46. The molecule has 0 aromatic heterocycles. The van der Waals surface area contributed by atoms with Crippen molar-refractivity contribution in [2.75, 3.05) is 6.54 Å². The maximum absolute atomic E-state index is 12.8. The van der Waals surface area contributed by atoms with Crippen molar-refractivity contribution < 1.29 is 14.3 Å². The van der Waals surface area contributed by atoms with Gasteiger partial charge < -0.3 is 10.4 Å². The highest BCUT2D eigenvalue weighted by molar-refractivity contribution is 5.91. The second-order valence-corrected chi connectivity index (χ2v) is 4.56. The highest BCUT2D eigenvalue weighted by Crippen LogP contribution is 2.12. The fourth-order valence-electron chi connectivity index (χ4n) is 1.80. The van der Waals surface area contributed by atoms with Crippen molar-refractivity contribution in [3.63, 3.8) is 0 Å². The molecule has 3 nitrogen and oxygen atoms in total. The van der Waals surface area contributed by atoms with E-state index in [2.05, 4.69) is 5.32 Å². The number of aliphatic hydroxyl groups excluding tert-OH is 1. The van der Waals surface area contributed by atoms with Crippen molar-refractivity contribution in [2.45, 2.75) is 6.10 Å². The summed E-state index contributed by atoms with van der Waals surface area (Å²) in [5, 5.41) is 12.5. The summed E-state index contributed by atoms with van der Waals surface area (Å²) in [5.74, 6) is -0.652. The van der Waals surface area contributed by atoms with E-state index < -0.39 is 6.10 Å². The van der Waals surface area contributed by atoms with Gasteiger partial charge in [-0.2, -0.15) is 0 Å². The minimum Gasteiger partial charge on any atom is -0.387 e. The van der Waals surface area contributed by atoms with Crippen LogP contribution in [0.2, 0.25) is 0 Å². The highest BCUT2D eigenvalue weighted by Gasteiger charge is 2.08. The van der Waals surface area contributed by atoms with Crippen molar-refractivity contribution in [3.05, 3.63) is 77.6 Å². The van der Waals surface area contributed by atoms with Gasteiger partial charge in [0.1, 0.15) is 5.82 Å². The monoisotopic (exact) mass is 285 g/mol. The molecule has 0 saturated carbocycles. The molecule has 0 radical (unpaired) electrons. The zero-order valence-corrected chi connectivity index (χ0v) is 11.4. The average molecular weight is 285 g/mol. The van der Waals surface area contributed by atoms with Gasteiger partial charge in [-0.1, -0.05) is 42.5 Å². The molecular weight excluding hydrogens is 269 g/mol. The first-order chi connectivity index (χ1) is 10.1. The lowest BCUT2D eigenvalue weighted by Crippen LogP contribution is -2.26. The van der Waals surface area contributed by atoms with Gasteiger partial charge in [0.2, 0.25) is 5.91 Å². The van der Waals surface area contributed by atoms with Crippen LogP contribution in [0.15, 0.2) is 60.7 Å². The minimum absolute atomic E-state index is 0.0730. The van der Waals surface area contributed by atoms with E-state index in [-0.39, 0.29) is 18.3 Å². The largest absolute Gasteiger partial charge is 0.387 e. The molecule has 0 fully saturated rings. The van der Waals surface area contributed by atoms with E-state index in [1.54, 1.807) is 6.08 Å². The first-order valence-electron chi connectivity index (χ1n) is 6.59. The first kappa shape index (κ1) is 14.9. The molecule has 21 heavy (non-hydrogen) atoms. The predicted molar refractivity (Wildman–Crippen MR) is 79.8 cm³/mol. The lowest BCUT2D eigenvalue weighted by molar-refractivity contribution is -0.116. The van der Waals surface area contributed by atoms with E-state index in [9.17, 15) is 14.3 Å². The summed E-state index contributed by atoms with van der Waals surface area (Å²) in [5.41, 5.74) is 1.48. The summed E-state index contributed by atoms with van der Waals surface area (Å²) in [7, 11) is 0. The van der Waals surface area contributed by atoms with Gasteiger partial charge in [0.25, 0.3) is 0 Å². The molecule has 0 bridgehead atoms. The summed E-state index contributed by atoms with van der Waals surface area (Å²) in [6, 6.07) is 15.0. The van der Waals surface area contributed by atoms with Crippen LogP contribution in [-0.4, -0.2) is 17.6 Å². The molecule has 0 spiro atoms. The van der Waals surface area contributed by atoms with Crippen LogP contribution in [0, 0.1) is 5.82 Å². The van der Waals surface area contributed by atoms with E-state index >= 15 is 0 Å². The zero-order chi connectivity index (χ0) is 15.1. The molecule has 108 valence electrons. The lowest BCUT2D eigenvalue weighted by Gasteiger charge is -2.11. The number of amides is 1. The summed E-state index contributed by atoms with van der Waals surface area (Å²) < 4.78 is 12.8. The Balaban J connectivity index is 1.83. The fourth-order valence-corrected chi connectivity index (χ4v) is 1.80. The van der Waals surface area contributed by atoms with Crippen LogP contribution in [-0.2, 0) is 4.79 Å². The lowest BCUT2D eigenvalue weighted by atomic mass is 10.1. The Morgan fingerprint density at radius 2 is 1.81 bits per heavy atom. The molecule has 2 aromatic rings. The number of carbonyl (C=O) groups excluding carboxylic acids is 1. The molecule has 0 aliphatic carbocycles. The Kier molecular flexibility index (Phi) is 5.23. The quantitative estimate of drug-likeness (QED) is 0.830. The van der Waals surface area contributed by atoms with Crippen molar-refractivity contribution in [3.8, 4) is 0 Å². The fraction of sp³-hybridized carbons (Fsp3) is 0.118. The van der Waals surface area contributed by atoms with Gasteiger partial charge in [0, 0.05) is 12.6 Å². The summed E-state index contributed by atoms with van der Waals surface area (Å²) in [6.07, 6.45) is 2.24. The number of carbonyl (C=O) groups is 1. The van der Waals surface area contributed by atoms with Gasteiger partial charge in [-0.15, -0.1) is 0 Å². The molecule has 1 atom stereocenters. The Morgan fingerprint density at radius 1 is 1.14 bits per heavy atom. The van der Waals surface area contributed by atoms with Crippen LogP contribution in [0.25, 0.3) is 6.08 Å². The number of halogens is 1. The molecule has 2 rings (SSSR count). The smallest absolute Gasteiger partial charge is 0.244 e. The molecule has 1 unspecified atom stereocenters. The Labute approximate surface area is 122 Å². The second kappa shape index (κ2) is 7.36. The third kappa shape index (κ3) is 4.85. The van der Waals surface area contributed by atoms with Crippen molar-refractivity contribution in [1.29, 1.82) is 0 Å². The van der Waals surface area contributed by atoms with Gasteiger partial charge in [-0.05, 0) is 29.3 Å². The number of hydrogen-bond donors (Lipinski definition) is 2. The number of nitrogens with one attached hydrogen (secondary N) is 1. The molecule has 4 heteroatoms. The standard InChI is InChI=1S/C17H16FNO2/c18-15-9-7-14(8-10-15)16(20)12-19-17(21)11-6-13-4-2-1-3-5-13/h1-11,16,20H,12H2,(H,19,21)/b11-6+. The third-order valence-electron chi connectivity index (χ3n) is 2.95. The van der Waals surface area contributed by atoms with Gasteiger partial charge in [-0.25, -0.2) is 4.39 Å². The zero-order valence-electron chi connectivity index (χ0n) is 11.4. The summed E-state index contributed by atoms with van der Waals surface area (Å²) in [4.78, 5) is 11.6. The molecule has 0 heterocycles. The average Bonchev–Trinajstić information content (AvgIpc) is 2.52. The number of hydrogen-bond acceptors (Lipinski definition) is 2. The van der Waals surface area contributed by atoms with Crippen molar-refractivity contribution >= 4 is 12.0 Å². The van der Waals surface area contributed by atoms with Crippen LogP contribution >= 0.6 is 0 Å². The molecule has 0 saturated heterocycles. The first-order valence-corrected chi connectivity index (χ1v) is 6.59. The summed E-state index contributed by atoms with van der Waals surface area (Å²) >= 11 is 0. The van der Waals surface area contributed by atoms with E-state index in [1.807, 2.05) is 30.3 Å². The number of aliphatic hydroxyl groups is 1. The minimum atomic E-state index is -0.861. The second-order valence-electron chi connectivity index (χ2n) is 4.56. The molecule has 2 aromatic carbocycles. The van der Waals surface area contributed by atoms with Crippen molar-refractivity contribution in [2.24, 2.45) is 0 Å². The van der Waals surface area contributed by atoms with E-state index in [0.29, 0.717) is 5.56 Å². The number of benzene rings is 2. The van der Waals surface area contributed by atoms with Gasteiger partial charge >= 0.3 is 0 Å². The topological polar surface area (TPSA) is 49.3 Å². The third-order valence-corrected chi connectivity index (χ3v) is 2.95. The molecule has 2 N–H and O–H groups in total. The van der Waals surface area contributed by atoms with Crippen LogP contribution < -0.4 is 5.32 Å². The van der Waals surface area contributed by atoms with E-state index in [1.165, 1.54) is 30.3 Å². The Morgan fingerprint density at radius 3 is 2.48 bits per heavy atom. The molecule has 0 aliphatic heterocycles. The predicted octanol–water partition coefficient (Wildman–Crippen LogP) is 2.69. The Bertz CT molecular complexity index is 608. The SMILES string of the molecule is O=C(/C=C/c1ccccc1)NCC(O)c1ccc(F)cc1. The van der Waals surface area contributed by atoms with Crippen LogP contribution in [0.5, 0.6) is 0 Å². The van der Waals surface area contributed by atoms with Crippen LogP contribution in [0.3, 0.4) is 0 Å². The van der Waals surface area contributed by atoms with Gasteiger partial charge in [0.15, 0.2) is 0 Å². The maximum atomic E-state index is 12.8. The molecular formula is C17H16FNO2. The van der Waals surface area contributed by atoms with Crippen molar-refractivity contribution in [1.82, 2.24) is 5.32 Å². The number of rotatable bonds is 5. The summed E-state index contributed by atoms with van der Waals surface area (Å²) in [6.45, 7) is 0.0730. The van der Waals surface area contributed by atoms with Crippen LogP contribution in [0.4, 0.5) is 4.39 Å². The van der Waals surface area contributed by atoms with E-state index in [4.69, 9.17) is 0 Å². The van der Waals surface area contributed by atoms with Gasteiger partial charge in [-0.3, -0.25) is 4.79 Å².